The van der Waals surface area contributed by atoms with Gasteiger partial charge in [-0.3, -0.25) is 16.3 Å². The van der Waals surface area contributed by atoms with Crippen molar-refractivity contribution in [3.05, 3.63) is 58.3 Å². The van der Waals surface area contributed by atoms with E-state index in [2.05, 4.69) is 26.3 Å². The van der Waals surface area contributed by atoms with Crippen LogP contribution in [-0.4, -0.2) is 4.98 Å². The lowest BCUT2D eigenvalue weighted by atomic mass is 10.0. The highest BCUT2D eigenvalue weighted by Crippen LogP contribution is 2.22. The van der Waals surface area contributed by atoms with Gasteiger partial charge in [-0.2, -0.15) is 0 Å². The second kappa shape index (κ2) is 5.95. The minimum absolute atomic E-state index is 0.0418. The first kappa shape index (κ1) is 13.0. The molecule has 0 bridgehead atoms. The number of rotatable bonds is 4. The van der Waals surface area contributed by atoms with Crippen LogP contribution in [0.1, 0.15) is 17.3 Å². The van der Waals surface area contributed by atoms with Crippen LogP contribution in [0.25, 0.3) is 0 Å². The first-order chi connectivity index (χ1) is 8.70. The predicted molar refractivity (Wildman–Crippen MR) is 76.6 cm³/mol. The minimum Gasteiger partial charge on any atom is -0.398 e. The zero-order chi connectivity index (χ0) is 13.0. The fraction of sp³-hybridized carbons (Fsp3) is 0.154. The van der Waals surface area contributed by atoms with Crippen molar-refractivity contribution >= 4 is 21.6 Å². The Morgan fingerprint density at radius 1 is 1.22 bits per heavy atom. The summed E-state index contributed by atoms with van der Waals surface area (Å²) in [4.78, 5) is 4.34. The Balaban J connectivity index is 2.20. The Labute approximate surface area is 115 Å². The van der Waals surface area contributed by atoms with Gasteiger partial charge in [-0.15, -0.1) is 0 Å². The summed E-state index contributed by atoms with van der Waals surface area (Å²) in [7, 11) is 0. The summed E-state index contributed by atoms with van der Waals surface area (Å²) in [5.41, 5.74) is 11.4. The summed E-state index contributed by atoms with van der Waals surface area (Å²) < 4.78 is 0.961. The van der Waals surface area contributed by atoms with E-state index in [-0.39, 0.29) is 6.04 Å². The number of nitrogens with zero attached hydrogens (tertiary/aromatic N) is 1. The number of para-hydroxylation sites is 1. The Bertz CT molecular complexity index is 513. The molecule has 18 heavy (non-hydrogen) atoms. The van der Waals surface area contributed by atoms with Crippen molar-refractivity contribution in [2.24, 2.45) is 5.84 Å². The summed E-state index contributed by atoms with van der Waals surface area (Å²) >= 11 is 3.36. The van der Waals surface area contributed by atoms with E-state index in [9.17, 15) is 0 Å². The van der Waals surface area contributed by atoms with Crippen molar-refractivity contribution in [1.29, 1.82) is 0 Å². The molecular weight excluding hydrogens is 292 g/mol. The number of hydrogen-bond donors (Lipinski definition) is 3. The fourth-order valence-electron chi connectivity index (χ4n) is 1.82. The maximum absolute atomic E-state index is 5.95. The van der Waals surface area contributed by atoms with Gasteiger partial charge in [0.2, 0.25) is 0 Å². The summed E-state index contributed by atoms with van der Waals surface area (Å²) in [5, 5.41) is 0. The summed E-state index contributed by atoms with van der Waals surface area (Å²) in [6.07, 6.45) is 2.47. The number of anilines is 1. The first-order valence-electron chi connectivity index (χ1n) is 5.61. The molecule has 0 fully saturated rings. The van der Waals surface area contributed by atoms with Gasteiger partial charge in [0.05, 0.1) is 6.04 Å². The van der Waals surface area contributed by atoms with Crippen LogP contribution in [0.15, 0.2) is 47.1 Å². The molecule has 0 amide bonds. The van der Waals surface area contributed by atoms with Crippen molar-refractivity contribution in [2.75, 3.05) is 5.73 Å². The normalized spacial score (nSPS) is 12.3. The highest BCUT2D eigenvalue weighted by atomic mass is 79.9. The number of aromatic nitrogens is 1. The molecular formula is C13H15BrN4. The lowest BCUT2D eigenvalue weighted by Crippen LogP contribution is -2.30. The molecule has 2 rings (SSSR count). The Morgan fingerprint density at radius 3 is 2.61 bits per heavy atom. The lowest BCUT2D eigenvalue weighted by Gasteiger charge is -2.17. The summed E-state index contributed by atoms with van der Waals surface area (Å²) in [6, 6.07) is 11.6. The second-order valence-corrected chi connectivity index (χ2v) is 4.94. The maximum atomic E-state index is 5.95. The molecule has 94 valence electrons. The standard InChI is InChI=1S/C13H15BrN4/c14-9-5-6-10(17-8-9)7-13(18-16)11-3-1-2-4-12(11)15/h1-6,8,13,18H,7,15-16H2. The van der Waals surface area contributed by atoms with E-state index in [1.807, 2.05) is 36.4 Å². The number of nitrogen functional groups attached to an aromatic ring is 1. The molecule has 5 heteroatoms. The van der Waals surface area contributed by atoms with Crippen molar-refractivity contribution in [1.82, 2.24) is 10.4 Å². The van der Waals surface area contributed by atoms with Gasteiger partial charge in [-0.05, 0) is 39.7 Å². The number of benzene rings is 1. The largest absolute Gasteiger partial charge is 0.398 e. The summed E-state index contributed by atoms with van der Waals surface area (Å²) in [5.74, 6) is 5.61. The third-order valence-corrected chi connectivity index (χ3v) is 3.24. The molecule has 0 spiro atoms. The first-order valence-corrected chi connectivity index (χ1v) is 6.41. The molecule has 0 aliphatic rings. The van der Waals surface area contributed by atoms with Crippen molar-refractivity contribution in [3.63, 3.8) is 0 Å². The van der Waals surface area contributed by atoms with Crippen LogP contribution in [0, 0.1) is 0 Å². The number of pyridine rings is 1. The zero-order valence-electron chi connectivity index (χ0n) is 9.81. The van der Waals surface area contributed by atoms with E-state index >= 15 is 0 Å². The molecule has 0 saturated carbocycles. The third-order valence-electron chi connectivity index (χ3n) is 2.77. The number of nitrogens with two attached hydrogens (primary N) is 2. The molecule has 1 aromatic heterocycles. The van der Waals surface area contributed by atoms with Crippen LogP contribution in [0.5, 0.6) is 0 Å². The third kappa shape index (κ3) is 3.07. The number of nitrogens with one attached hydrogen (secondary N) is 1. The molecule has 0 radical (unpaired) electrons. The maximum Gasteiger partial charge on any atom is 0.0535 e. The highest BCUT2D eigenvalue weighted by molar-refractivity contribution is 9.10. The van der Waals surface area contributed by atoms with E-state index in [1.54, 1.807) is 6.20 Å². The van der Waals surface area contributed by atoms with Gasteiger partial charge >= 0.3 is 0 Å². The molecule has 2 aromatic rings. The van der Waals surface area contributed by atoms with Crippen LogP contribution in [0.4, 0.5) is 5.69 Å². The zero-order valence-corrected chi connectivity index (χ0v) is 11.4. The second-order valence-electron chi connectivity index (χ2n) is 4.02. The molecule has 4 nitrogen and oxygen atoms in total. The van der Waals surface area contributed by atoms with Gasteiger partial charge in [-0.25, -0.2) is 0 Å². The molecule has 5 N–H and O–H groups in total. The van der Waals surface area contributed by atoms with E-state index in [1.165, 1.54) is 0 Å². The molecule has 1 heterocycles. The van der Waals surface area contributed by atoms with E-state index in [0.29, 0.717) is 6.42 Å². The number of halogens is 1. The SMILES string of the molecule is NNC(Cc1ccc(Br)cn1)c1ccccc1N. The molecule has 1 atom stereocenters. The Kier molecular flexibility index (Phi) is 4.30. The van der Waals surface area contributed by atoms with Gasteiger partial charge in [0, 0.05) is 28.5 Å². The number of hydrogen-bond acceptors (Lipinski definition) is 4. The number of hydrazine groups is 1. The van der Waals surface area contributed by atoms with Crippen LogP contribution < -0.4 is 17.0 Å². The van der Waals surface area contributed by atoms with Crippen LogP contribution in [0.3, 0.4) is 0 Å². The Hall–Kier alpha value is -1.43. The smallest absolute Gasteiger partial charge is 0.0535 e. The highest BCUT2D eigenvalue weighted by Gasteiger charge is 2.13. The van der Waals surface area contributed by atoms with Crippen molar-refractivity contribution in [2.45, 2.75) is 12.5 Å². The average Bonchev–Trinajstić information content (AvgIpc) is 2.39. The van der Waals surface area contributed by atoms with E-state index < -0.39 is 0 Å². The quantitative estimate of drug-likeness (QED) is 0.460. The van der Waals surface area contributed by atoms with Gasteiger partial charge < -0.3 is 5.73 Å². The van der Waals surface area contributed by atoms with E-state index in [4.69, 9.17) is 11.6 Å². The minimum atomic E-state index is -0.0418. The molecule has 0 saturated heterocycles. The molecule has 0 aliphatic carbocycles. The van der Waals surface area contributed by atoms with Gasteiger partial charge in [0.1, 0.15) is 0 Å². The van der Waals surface area contributed by atoms with Gasteiger partial charge in [-0.1, -0.05) is 18.2 Å². The average molecular weight is 307 g/mol. The van der Waals surface area contributed by atoms with Crippen LogP contribution in [-0.2, 0) is 6.42 Å². The van der Waals surface area contributed by atoms with Gasteiger partial charge in [0.25, 0.3) is 0 Å². The summed E-state index contributed by atoms with van der Waals surface area (Å²) in [6.45, 7) is 0. The fourth-order valence-corrected chi connectivity index (χ4v) is 2.06. The Morgan fingerprint density at radius 2 is 2.00 bits per heavy atom. The topological polar surface area (TPSA) is 77.0 Å². The van der Waals surface area contributed by atoms with E-state index in [0.717, 1.165) is 21.4 Å². The van der Waals surface area contributed by atoms with Crippen LogP contribution >= 0.6 is 15.9 Å². The lowest BCUT2D eigenvalue weighted by molar-refractivity contribution is 0.547. The van der Waals surface area contributed by atoms with Crippen molar-refractivity contribution < 1.29 is 0 Å². The van der Waals surface area contributed by atoms with Gasteiger partial charge in [0.15, 0.2) is 0 Å². The molecule has 1 unspecified atom stereocenters. The molecule has 1 aromatic carbocycles. The monoisotopic (exact) mass is 306 g/mol. The molecule has 0 aliphatic heterocycles. The van der Waals surface area contributed by atoms with Crippen LogP contribution in [0.2, 0.25) is 0 Å². The predicted octanol–water partition coefficient (Wildman–Crippen LogP) is 2.17. The van der Waals surface area contributed by atoms with Crippen molar-refractivity contribution in [3.8, 4) is 0 Å².